The molecule has 1 aliphatic carbocycles. The zero-order chi connectivity index (χ0) is 16.1. The molecule has 1 aliphatic rings. The molecule has 2 atom stereocenters. The number of nitrogens with one attached hydrogen (secondary N) is 2. The first-order valence-electron chi connectivity index (χ1n) is 8.10. The number of amides is 2. The van der Waals surface area contributed by atoms with Gasteiger partial charge in [-0.25, -0.2) is 19.4 Å². The predicted octanol–water partition coefficient (Wildman–Crippen LogP) is 2.75. The van der Waals surface area contributed by atoms with Crippen LogP contribution >= 0.6 is 0 Å². The Labute approximate surface area is 135 Å². The van der Waals surface area contributed by atoms with Crippen molar-refractivity contribution in [2.24, 2.45) is 5.92 Å². The molecule has 2 unspecified atom stereocenters. The molecule has 2 aromatic rings. The van der Waals surface area contributed by atoms with Crippen molar-refractivity contribution in [2.75, 3.05) is 5.32 Å². The van der Waals surface area contributed by atoms with Crippen LogP contribution in [0.1, 0.15) is 39.0 Å². The summed E-state index contributed by atoms with van der Waals surface area (Å²) in [5.74, 6) is 1.23. The fourth-order valence-corrected chi connectivity index (χ4v) is 2.89. The van der Waals surface area contributed by atoms with Gasteiger partial charge in [-0.2, -0.15) is 5.10 Å². The van der Waals surface area contributed by atoms with Crippen LogP contribution in [-0.4, -0.2) is 31.8 Å². The molecule has 7 nitrogen and oxygen atoms in total. The molecule has 1 saturated carbocycles. The summed E-state index contributed by atoms with van der Waals surface area (Å²) >= 11 is 0. The van der Waals surface area contributed by atoms with Crippen molar-refractivity contribution in [3.63, 3.8) is 0 Å². The molecule has 0 radical (unpaired) electrons. The fourth-order valence-electron chi connectivity index (χ4n) is 2.89. The van der Waals surface area contributed by atoms with Gasteiger partial charge in [0, 0.05) is 18.4 Å². The van der Waals surface area contributed by atoms with Crippen LogP contribution in [-0.2, 0) is 0 Å². The van der Waals surface area contributed by atoms with Gasteiger partial charge in [0.05, 0.1) is 18.1 Å². The van der Waals surface area contributed by atoms with Gasteiger partial charge in [-0.1, -0.05) is 19.8 Å². The Bertz CT molecular complexity index is 641. The van der Waals surface area contributed by atoms with Gasteiger partial charge in [-0.3, -0.25) is 0 Å². The van der Waals surface area contributed by atoms with Gasteiger partial charge in [-0.15, -0.1) is 0 Å². The molecule has 2 N–H and O–H groups in total. The van der Waals surface area contributed by atoms with Crippen molar-refractivity contribution in [1.29, 1.82) is 0 Å². The van der Waals surface area contributed by atoms with Crippen LogP contribution in [0.2, 0.25) is 0 Å². The van der Waals surface area contributed by atoms with Crippen molar-refractivity contribution in [3.8, 4) is 5.95 Å². The largest absolute Gasteiger partial charge is 0.335 e. The summed E-state index contributed by atoms with van der Waals surface area (Å²) in [4.78, 5) is 20.4. The van der Waals surface area contributed by atoms with E-state index in [1.54, 1.807) is 30.9 Å². The number of carbonyl (C=O) groups is 1. The lowest BCUT2D eigenvalue weighted by molar-refractivity contribution is 0.247. The second kappa shape index (κ2) is 7.21. The maximum Gasteiger partial charge on any atom is 0.319 e. The van der Waals surface area contributed by atoms with Gasteiger partial charge < -0.3 is 10.6 Å². The minimum atomic E-state index is -0.182. The highest BCUT2D eigenvalue weighted by Crippen LogP contribution is 2.22. The molecular formula is C16H22N6O. The topological polar surface area (TPSA) is 84.7 Å². The number of anilines is 1. The smallest absolute Gasteiger partial charge is 0.319 e. The molecular weight excluding hydrogens is 292 g/mol. The van der Waals surface area contributed by atoms with Gasteiger partial charge in [0.25, 0.3) is 0 Å². The summed E-state index contributed by atoms with van der Waals surface area (Å²) in [6, 6.07) is 1.82. The number of carbonyl (C=O) groups excluding carboxylic acids is 1. The zero-order valence-corrected chi connectivity index (χ0v) is 13.3. The third kappa shape index (κ3) is 4.28. The van der Waals surface area contributed by atoms with E-state index in [0.29, 0.717) is 11.6 Å². The van der Waals surface area contributed by atoms with E-state index in [2.05, 4.69) is 32.6 Å². The molecule has 2 aromatic heterocycles. The Kier molecular flexibility index (Phi) is 4.85. The first-order chi connectivity index (χ1) is 11.2. The van der Waals surface area contributed by atoms with Crippen molar-refractivity contribution in [1.82, 2.24) is 25.1 Å². The lowest BCUT2D eigenvalue weighted by atomic mass is 10.0. The molecule has 0 aliphatic heterocycles. The SMILES string of the molecule is CC1CCCC(NC(=O)Nc2cnn(-c3ncccn3)c2)CC1. The summed E-state index contributed by atoms with van der Waals surface area (Å²) in [5, 5.41) is 10.0. The quantitative estimate of drug-likeness (QED) is 0.853. The van der Waals surface area contributed by atoms with E-state index in [1.165, 1.54) is 23.9 Å². The Morgan fingerprint density at radius 3 is 2.87 bits per heavy atom. The molecule has 23 heavy (non-hydrogen) atoms. The highest BCUT2D eigenvalue weighted by molar-refractivity contribution is 5.89. The summed E-state index contributed by atoms with van der Waals surface area (Å²) in [7, 11) is 0. The van der Waals surface area contributed by atoms with Crippen molar-refractivity contribution < 1.29 is 4.79 Å². The second-order valence-corrected chi connectivity index (χ2v) is 6.13. The van der Waals surface area contributed by atoms with Crippen LogP contribution in [0.25, 0.3) is 5.95 Å². The Hall–Kier alpha value is -2.44. The molecule has 0 aromatic carbocycles. The molecule has 122 valence electrons. The predicted molar refractivity (Wildman–Crippen MR) is 87.3 cm³/mol. The third-order valence-corrected chi connectivity index (χ3v) is 4.19. The number of rotatable bonds is 3. The normalized spacial score (nSPS) is 21.4. The fraction of sp³-hybridized carbons (Fsp3) is 0.500. The lowest BCUT2D eigenvalue weighted by Gasteiger charge is -2.16. The lowest BCUT2D eigenvalue weighted by Crippen LogP contribution is -2.37. The van der Waals surface area contributed by atoms with Gasteiger partial charge in [-0.05, 0) is 31.2 Å². The standard InChI is InChI=1S/C16H22N6O/c1-12-4-2-5-13(7-6-12)20-16(23)21-14-10-19-22(11-14)15-17-8-3-9-18-15/h3,8-13H,2,4-7H2,1H3,(H2,20,21,23). The van der Waals surface area contributed by atoms with Crippen molar-refractivity contribution >= 4 is 11.7 Å². The van der Waals surface area contributed by atoms with E-state index in [9.17, 15) is 4.79 Å². The number of nitrogens with zero attached hydrogens (tertiary/aromatic N) is 4. The maximum absolute atomic E-state index is 12.1. The van der Waals surface area contributed by atoms with Crippen LogP contribution in [0.5, 0.6) is 0 Å². The molecule has 2 amide bonds. The molecule has 1 fully saturated rings. The van der Waals surface area contributed by atoms with E-state index < -0.39 is 0 Å². The second-order valence-electron chi connectivity index (χ2n) is 6.13. The summed E-state index contributed by atoms with van der Waals surface area (Å²) < 4.78 is 1.53. The molecule has 7 heteroatoms. The summed E-state index contributed by atoms with van der Waals surface area (Å²) in [5.41, 5.74) is 0.622. The van der Waals surface area contributed by atoms with E-state index in [-0.39, 0.29) is 12.1 Å². The minimum absolute atomic E-state index is 0.182. The molecule has 0 bridgehead atoms. The number of aromatic nitrogens is 4. The van der Waals surface area contributed by atoms with Gasteiger partial charge in [0.15, 0.2) is 0 Å². The Morgan fingerprint density at radius 1 is 1.22 bits per heavy atom. The van der Waals surface area contributed by atoms with Crippen LogP contribution in [0.4, 0.5) is 10.5 Å². The van der Waals surface area contributed by atoms with Crippen LogP contribution in [0.15, 0.2) is 30.9 Å². The van der Waals surface area contributed by atoms with E-state index >= 15 is 0 Å². The van der Waals surface area contributed by atoms with Crippen molar-refractivity contribution in [2.45, 2.75) is 45.1 Å². The molecule has 0 spiro atoms. The number of urea groups is 1. The summed E-state index contributed by atoms with van der Waals surface area (Å²) in [6.45, 7) is 2.28. The van der Waals surface area contributed by atoms with E-state index in [4.69, 9.17) is 0 Å². The Balaban J connectivity index is 1.55. The highest BCUT2D eigenvalue weighted by atomic mass is 16.2. The van der Waals surface area contributed by atoms with Gasteiger partial charge in [0.1, 0.15) is 0 Å². The minimum Gasteiger partial charge on any atom is -0.335 e. The van der Waals surface area contributed by atoms with Gasteiger partial charge >= 0.3 is 6.03 Å². The van der Waals surface area contributed by atoms with Crippen LogP contribution < -0.4 is 10.6 Å². The van der Waals surface area contributed by atoms with Crippen LogP contribution in [0, 0.1) is 5.92 Å². The first-order valence-corrected chi connectivity index (χ1v) is 8.10. The molecule has 3 rings (SSSR count). The number of hydrogen-bond acceptors (Lipinski definition) is 4. The Morgan fingerprint density at radius 2 is 2.04 bits per heavy atom. The van der Waals surface area contributed by atoms with E-state index in [0.717, 1.165) is 18.8 Å². The zero-order valence-electron chi connectivity index (χ0n) is 13.3. The van der Waals surface area contributed by atoms with Crippen molar-refractivity contribution in [3.05, 3.63) is 30.9 Å². The van der Waals surface area contributed by atoms with E-state index in [1.807, 2.05) is 0 Å². The van der Waals surface area contributed by atoms with Crippen LogP contribution in [0.3, 0.4) is 0 Å². The summed E-state index contributed by atoms with van der Waals surface area (Å²) in [6.07, 6.45) is 12.3. The first kappa shape index (κ1) is 15.5. The monoisotopic (exact) mass is 314 g/mol. The highest BCUT2D eigenvalue weighted by Gasteiger charge is 2.18. The van der Waals surface area contributed by atoms with Gasteiger partial charge in [0.2, 0.25) is 5.95 Å². The average Bonchev–Trinajstić information content (AvgIpc) is 2.92. The maximum atomic E-state index is 12.1. The third-order valence-electron chi connectivity index (χ3n) is 4.19. The number of hydrogen-bond donors (Lipinski definition) is 2. The molecule has 0 saturated heterocycles. The molecule has 2 heterocycles. The average molecular weight is 314 g/mol.